The zero-order valence-corrected chi connectivity index (χ0v) is 15.3. The normalized spacial score (nSPS) is 25.7. The van der Waals surface area contributed by atoms with Crippen LogP contribution in [0.5, 0.6) is 0 Å². The number of benzene rings is 1. The van der Waals surface area contributed by atoms with Gasteiger partial charge in [-0.25, -0.2) is 0 Å². The summed E-state index contributed by atoms with van der Waals surface area (Å²) in [5.41, 5.74) is 1.61. The Kier molecular flexibility index (Phi) is 5.81. The van der Waals surface area contributed by atoms with Crippen LogP contribution in [-0.4, -0.2) is 46.2 Å². The molecule has 0 aromatic heterocycles. The van der Waals surface area contributed by atoms with Gasteiger partial charge in [-0.2, -0.15) is 0 Å². The molecule has 2 N–H and O–H groups in total. The minimum atomic E-state index is -0.420. The molecule has 0 radical (unpaired) electrons. The van der Waals surface area contributed by atoms with Crippen LogP contribution in [0.15, 0.2) is 12.1 Å². The number of hydrogen-bond acceptors (Lipinski definition) is 5. The van der Waals surface area contributed by atoms with Gasteiger partial charge in [-0.1, -0.05) is 24.4 Å². The number of anilines is 1. The van der Waals surface area contributed by atoms with E-state index >= 15 is 0 Å². The number of halogens is 1. The van der Waals surface area contributed by atoms with Crippen LogP contribution in [0, 0.1) is 17.0 Å². The van der Waals surface area contributed by atoms with Gasteiger partial charge in [0.05, 0.1) is 21.7 Å². The van der Waals surface area contributed by atoms with Gasteiger partial charge in [0, 0.05) is 37.3 Å². The zero-order chi connectivity index (χ0) is 18.0. The lowest BCUT2D eigenvalue weighted by Gasteiger charge is -2.42. The fraction of sp³-hybridized carbons (Fsp3) is 0.667. The van der Waals surface area contributed by atoms with Gasteiger partial charge in [-0.3, -0.25) is 15.0 Å². The Morgan fingerprint density at radius 3 is 2.52 bits per heavy atom. The van der Waals surface area contributed by atoms with Crippen molar-refractivity contribution in [3.63, 3.8) is 0 Å². The molecule has 7 heteroatoms. The topological polar surface area (TPSA) is 78.6 Å². The lowest BCUT2D eigenvalue weighted by Crippen LogP contribution is -2.50. The molecule has 2 atom stereocenters. The van der Waals surface area contributed by atoms with E-state index < -0.39 is 4.92 Å². The van der Waals surface area contributed by atoms with Crippen molar-refractivity contribution >= 4 is 23.0 Å². The van der Waals surface area contributed by atoms with E-state index in [4.69, 9.17) is 11.6 Å². The fourth-order valence-corrected chi connectivity index (χ4v) is 4.43. The second-order valence-electron chi connectivity index (χ2n) is 7.25. The maximum atomic E-state index is 10.9. The highest BCUT2D eigenvalue weighted by Gasteiger charge is 2.31. The minimum absolute atomic E-state index is 0.0224. The van der Waals surface area contributed by atoms with Crippen molar-refractivity contribution in [2.45, 2.75) is 63.6 Å². The molecule has 6 nitrogen and oxygen atoms in total. The van der Waals surface area contributed by atoms with Gasteiger partial charge in [-0.05, 0) is 38.2 Å². The van der Waals surface area contributed by atoms with Crippen LogP contribution < -0.4 is 5.32 Å². The molecule has 1 aromatic carbocycles. The number of nitro benzene ring substituents is 1. The van der Waals surface area contributed by atoms with E-state index in [0.717, 1.165) is 56.4 Å². The third-order valence-corrected chi connectivity index (χ3v) is 5.82. The number of aliphatic hydroxyl groups is 1. The SMILES string of the molecule is Cc1cc([N+](=O)[O-])cc(Cl)c1NC1CCN(C2CCCCC2O)CC1. The molecule has 138 valence electrons. The number of hydrogen-bond donors (Lipinski definition) is 2. The van der Waals surface area contributed by atoms with Gasteiger partial charge in [0.25, 0.3) is 5.69 Å². The predicted molar refractivity (Wildman–Crippen MR) is 99.3 cm³/mol. The summed E-state index contributed by atoms with van der Waals surface area (Å²) >= 11 is 6.26. The average Bonchev–Trinajstić information content (AvgIpc) is 2.59. The summed E-state index contributed by atoms with van der Waals surface area (Å²) in [4.78, 5) is 12.9. The highest BCUT2D eigenvalue weighted by molar-refractivity contribution is 6.33. The summed E-state index contributed by atoms with van der Waals surface area (Å²) in [7, 11) is 0. The van der Waals surface area contributed by atoms with Gasteiger partial charge < -0.3 is 10.4 Å². The van der Waals surface area contributed by atoms with Gasteiger partial charge >= 0.3 is 0 Å². The van der Waals surface area contributed by atoms with Crippen LogP contribution in [0.3, 0.4) is 0 Å². The first-order valence-corrected chi connectivity index (χ1v) is 9.46. The Morgan fingerprint density at radius 1 is 1.24 bits per heavy atom. The number of piperidine rings is 1. The van der Waals surface area contributed by atoms with Crippen LogP contribution >= 0.6 is 11.6 Å². The molecule has 25 heavy (non-hydrogen) atoms. The molecule has 0 bridgehead atoms. The summed E-state index contributed by atoms with van der Waals surface area (Å²) in [5.74, 6) is 0. The van der Waals surface area contributed by atoms with Crippen molar-refractivity contribution in [3.8, 4) is 0 Å². The van der Waals surface area contributed by atoms with E-state index in [1.807, 2.05) is 6.92 Å². The Balaban J connectivity index is 1.60. The first-order chi connectivity index (χ1) is 12.0. The second-order valence-corrected chi connectivity index (χ2v) is 7.66. The van der Waals surface area contributed by atoms with Crippen LogP contribution in [-0.2, 0) is 0 Å². The van der Waals surface area contributed by atoms with Crippen LogP contribution in [0.25, 0.3) is 0 Å². The quantitative estimate of drug-likeness (QED) is 0.626. The number of likely N-dealkylation sites (tertiary alicyclic amines) is 1. The van der Waals surface area contributed by atoms with Gasteiger partial charge in [0.2, 0.25) is 0 Å². The van der Waals surface area contributed by atoms with Crippen LogP contribution in [0.1, 0.15) is 44.1 Å². The molecule has 0 amide bonds. The van der Waals surface area contributed by atoms with E-state index in [1.54, 1.807) is 6.07 Å². The molecule has 2 unspecified atom stereocenters. The van der Waals surface area contributed by atoms with E-state index in [0.29, 0.717) is 17.1 Å². The monoisotopic (exact) mass is 367 g/mol. The maximum absolute atomic E-state index is 10.9. The number of rotatable bonds is 4. The standard InChI is InChI=1S/C18H26ClN3O3/c1-12-10-14(22(24)25)11-15(19)18(12)20-13-6-8-21(9-7-13)16-4-2-3-5-17(16)23/h10-11,13,16-17,20,23H,2-9H2,1H3. The van der Waals surface area contributed by atoms with E-state index in [1.165, 1.54) is 12.5 Å². The summed E-state index contributed by atoms with van der Waals surface area (Å²) in [6.07, 6.45) is 6.12. The Bertz CT molecular complexity index is 609. The Labute approximate surface area is 153 Å². The second kappa shape index (κ2) is 7.89. The van der Waals surface area contributed by atoms with Crippen molar-refractivity contribution in [2.75, 3.05) is 18.4 Å². The maximum Gasteiger partial charge on any atom is 0.271 e. The zero-order valence-electron chi connectivity index (χ0n) is 14.6. The highest BCUT2D eigenvalue weighted by atomic mass is 35.5. The van der Waals surface area contributed by atoms with Crippen molar-refractivity contribution in [1.82, 2.24) is 4.90 Å². The van der Waals surface area contributed by atoms with Crippen molar-refractivity contribution in [3.05, 3.63) is 32.8 Å². The first kappa shape index (κ1) is 18.4. The summed E-state index contributed by atoms with van der Waals surface area (Å²) in [6, 6.07) is 3.57. The Morgan fingerprint density at radius 2 is 1.92 bits per heavy atom. The van der Waals surface area contributed by atoms with Gasteiger partial charge in [0.1, 0.15) is 0 Å². The molecule has 1 aromatic rings. The lowest BCUT2D eigenvalue weighted by molar-refractivity contribution is -0.384. The number of nitrogens with zero attached hydrogens (tertiary/aromatic N) is 2. The predicted octanol–water partition coefficient (Wildman–Crippen LogP) is 3.74. The molecule has 1 aliphatic heterocycles. The molecule has 0 spiro atoms. The molecule has 2 aliphatic rings. The average molecular weight is 368 g/mol. The lowest BCUT2D eigenvalue weighted by atomic mass is 9.89. The molecular formula is C18H26ClN3O3. The molecule has 2 fully saturated rings. The van der Waals surface area contributed by atoms with E-state index in [9.17, 15) is 15.2 Å². The third-order valence-electron chi connectivity index (χ3n) is 5.52. The van der Waals surface area contributed by atoms with Crippen molar-refractivity contribution in [1.29, 1.82) is 0 Å². The Hall–Kier alpha value is -1.37. The largest absolute Gasteiger partial charge is 0.391 e. The fourth-order valence-electron chi connectivity index (χ4n) is 4.11. The highest BCUT2D eigenvalue weighted by Crippen LogP contribution is 2.33. The molecule has 1 aliphatic carbocycles. The van der Waals surface area contributed by atoms with E-state index in [-0.39, 0.29) is 11.8 Å². The van der Waals surface area contributed by atoms with Crippen LogP contribution in [0.4, 0.5) is 11.4 Å². The number of nitro groups is 1. The molecule has 1 saturated heterocycles. The first-order valence-electron chi connectivity index (χ1n) is 9.09. The van der Waals surface area contributed by atoms with Gasteiger partial charge in [-0.15, -0.1) is 0 Å². The molecule has 1 heterocycles. The molecule has 3 rings (SSSR count). The van der Waals surface area contributed by atoms with Crippen molar-refractivity contribution < 1.29 is 10.0 Å². The van der Waals surface area contributed by atoms with Crippen molar-refractivity contribution in [2.24, 2.45) is 0 Å². The number of nitrogens with one attached hydrogen (secondary N) is 1. The summed E-state index contributed by atoms with van der Waals surface area (Å²) < 4.78 is 0. The summed E-state index contributed by atoms with van der Waals surface area (Å²) in [5, 5.41) is 25.0. The number of aryl methyl sites for hydroxylation is 1. The van der Waals surface area contributed by atoms with E-state index in [2.05, 4.69) is 10.2 Å². The minimum Gasteiger partial charge on any atom is -0.391 e. The number of non-ortho nitro benzene ring substituents is 1. The molecular weight excluding hydrogens is 342 g/mol. The third kappa shape index (κ3) is 4.25. The number of aliphatic hydroxyl groups excluding tert-OH is 1. The summed E-state index contributed by atoms with van der Waals surface area (Å²) in [6.45, 7) is 3.76. The molecule has 1 saturated carbocycles. The van der Waals surface area contributed by atoms with Gasteiger partial charge in [0.15, 0.2) is 0 Å². The smallest absolute Gasteiger partial charge is 0.271 e. The van der Waals surface area contributed by atoms with Crippen LogP contribution in [0.2, 0.25) is 5.02 Å².